The van der Waals surface area contributed by atoms with Gasteiger partial charge in [0.05, 0.1) is 12.1 Å². The standard InChI is InChI=1S/C10H14N2O4/c1-6-5-8(9(13)14)7(2)12(6)3-4-16-10(11)15/h5H,3-4H2,1-2H3,(H2,11,15)(H,13,14). The molecule has 6 heteroatoms. The first-order valence-electron chi connectivity index (χ1n) is 4.75. The van der Waals surface area contributed by atoms with Crippen LogP contribution in [0, 0.1) is 13.8 Å². The molecule has 1 amide bonds. The van der Waals surface area contributed by atoms with Crippen LogP contribution in [0.1, 0.15) is 21.7 Å². The SMILES string of the molecule is Cc1cc(C(=O)O)c(C)n1CCOC(N)=O. The molecule has 1 rings (SSSR count). The van der Waals surface area contributed by atoms with E-state index in [9.17, 15) is 9.59 Å². The Kier molecular flexibility index (Phi) is 3.55. The molecule has 1 aromatic rings. The van der Waals surface area contributed by atoms with Crippen LogP contribution in [0.4, 0.5) is 4.79 Å². The molecule has 16 heavy (non-hydrogen) atoms. The molecule has 0 spiro atoms. The number of ether oxygens (including phenoxy) is 1. The number of aryl methyl sites for hydroxylation is 1. The third-order valence-corrected chi connectivity index (χ3v) is 2.36. The second kappa shape index (κ2) is 4.69. The number of nitrogens with zero attached hydrogens (tertiary/aromatic N) is 1. The molecule has 0 aliphatic heterocycles. The maximum Gasteiger partial charge on any atom is 0.404 e. The number of aromatic carboxylic acids is 1. The van der Waals surface area contributed by atoms with Crippen LogP contribution in [0.25, 0.3) is 0 Å². The minimum absolute atomic E-state index is 0.130. The molecule has 1 aromatic heterocycles. The lowest BCUT2D eigenvalue weighted by Crippen LogP contribution is -2.17. The van der Waals surface area contributed by atoms with Gasteiger partial charge in [-0.1, -0.05) is 0 Å². The van der Waals surface area contributed by atoms with Crippen LogP contribution in [0.3, 0.4) is 0 Å². The molecule has 88 valence electrons. The van der Waals surface area contributed by atoms with E-state index in [2.05, 4.69) is 4.74 Å². The number of amides is 1. The predicted molar refractivity (Wildman–Crippen MR) is 56.4 cm³/mol. The molecule has 0 fully saturated rings. The number of aromatic nitrogens is 1. The van der Waals surface area contributed by atoms with Crippen LogP contribution in [-0.4, -0.2) is 28.3 Å². The van der Waals surface area contributed by atoms with Crippen molar-refractivity contribution in [2.24, 2.45) is 5.73 Å². The van der Waals surface area contributed by atoms with Gasteiger partial charge in [-0.3, -0.25) is 0 Å². The van der Waals surface area contributed by atoms with Gasteiger partial charge in [0.2, 0.25) is 0 Å². The highest BCUT2D eigenvalue weighted by Crippen LogP contribution is 2.14. The van der Waals surface area contributed by atoms with E-state index in [0.717, 1.165) is 5.69 Å². The summed E-state index contributed by atoms with van der Waals surface area (Å²) >= 11 is 0. The number of carboxylic acids is 1. The summed E-state index contributed by atoms with van der Waals surface area (Å²) in [5, 5.41) is 8.90. The lowest BCUT2D eigenvalue weighted by Gasteiger charge is -2.08. The van der Waals surface area contributed by atoms with Crippen molar-refractivity contribution in [3.05, 3.63) is 23.0 Å². The highest BCUT2D eigenvalue weighted by atomic mass is 16.5. The van der Waals surface area contributed by atoms with E-state index in [1.165, 1.54) is 0 Å². The van der Waals surface area contributed by atoms with Crippen molar-refractivity contribution in [3.63, 3.8) is 0 Å². The first kappa shape index (κ1) is 12.1. The Bertz CT molecular complexity index is 423. The number of carbonyl (C=O) groups excluding carboxylic acids is 1. The van der Waals surface area contributed by atoms with E-state index in [0.29, 0.717) is 12.2 Å². The highest BCUT2D eigenvalue weighted by molar-refractivity contribution is 5.89. The third-order valence-electron chi connectivity index (χ3n) is 2.36. The molecule has 6 nitrogen and oxygen atoms in total. The Morgan fingerprint density at radius 2 is 2.12 bits per heavy atom. The Balaban J connectivity index is 2.80. The van der Waals surface area contributed by atoms with Crippen molar-refractivity contribution >= 4 is 12.1 Å². The molecule has 0 aliphatic carbocycles. The molecular formula is C10H14N2O4. The molecule has 0 atom stereocenters. The van der Waals surface area contributed by atoms with Gasteiger partial charge in [-0.2, -0.15) is 0 Å². The van der Waals surface area contributed by atoms with Gasteiger partial charge < -0.3 is 20.1 Å². The molecule has 0 radical (unpaired) electrons. The fourth-order valence-corrected chi connectivity index (χ4v) is 1.60. The van der Waals surface area contributed by atoms with Crippen molar-refractivity contribution in [2.45, 2.75) is 20.4 Å². The average Bonchev–Trinajstić information content (AvgIpc) is 2.44. The van der Waals surface area contributed by atoms with Gasteiger partial charge in [-0.25, -0.2) is 9.59 Å². The second-order valence-electron chi connectivity index (χ2n) is 3.41. The van der Waals surface area contributed by atoms with Gasteiger partial charge in [-0.05, 0) is 19.9 Å². The molecule has 1 heterocycles. The van der Waals surface area contributed by atoms with E-state index in [-0.39, 0.29) is 12.2 Å². The van der Waals surface area contributed by atoms with E-state index in [1.807, 2.05) is 0 Å². The molecule has 3 N–H and O–H groups in total. The van der Waals surface area contributed by atoms with E-state index < -0.39 is 12.1 Å². The minimum Gasteiger partial charge on any atom is -0.478 e. The summed E-state index contributed by atoms with van der Waals surface area (Å²) in [5.41, 5.74) is 6.53. The van der Waals surface area contributed by atoms with Crippen molar-refractivity contribution in [1.82, 2.24) is 4.57 Å². The highest BCUT2D eigenvalue weighted by Gasteiger charge is 2.14. The monoisotopic (exact) mass is 226 g/mol. The second-order valence-corrected chi connectivity index (χ2v) is 3.41. The lowest BCUT2D eigenvalue weighted by atomic mass is 10.2. The fraction of sp³-hybridized carbons (Fsp3) is 0.400. The third kappa shape index (κ3) is 2.53. The first-order chi connectivity index (χ1) is 7.43. The Morgan fingerprint density at radius 1 is 1.50 bits per heavy atom. The number of hydrogen-bond acceptors (Lipinski definition) is 3. The van der Waals surface area contributed by atoms with Gasteiger partial charge in [0.25, 0.3) is 0 Å². The summed E-state index contributed by atoms with van der Waals surface area (Å²) in [4.78, 5) is 21.2. The van der Waals surface area contributed by atoms with Crippen LogP contribution >= 0.6 is 0 Å². The van der Waals surface area contributed by atoms with Crippen LogP contribution in [0.5, 0.6) is 0 Å². The Hall–Kier alpha value is -1.98. The van der Waals surface area contributed by atoms with Crippen molar-refractivity contribution in [3.8, 4) is 0 Å². The summed E-state index contributed by atoms with van der Waals surface area (Å²) in [7, 11) is 0. The molecule has 0 aliphatic rings. The minimum atomic E-state index is -0.963. The van der Waals surface area contributed by atoms with Crippen LogP contribution in [-0.2, 0) is 11.3 Å². The Labute approximate surface area is 92.6 Å². The number of primary amides is 1. The first-order valence-corrected chi connectivity index (χ1v) is 4.75. The zero-order chi connectivity index (χ0) is 12.3. The van der Waals surface area contributed by atoms with Crippen molar-refractivity contribution in [2.75, 3.05) is 6.61 Å². The van der Waals surface area contributed by atoms with E-state index in [4.69, 9.17) is 10.8 Å². The topological polar surface area (TPSA) is 94.5 Å². The van der Waals surface area contributed by atoms with Gasteiger partial charge >= 0.3 is 12.1 Å². The van der Waals surface area contributed by atoms with E-state index >= 15 is 0 Å². The summed E-state index contributed by atoms with van der Waals surface area (Å²) in [6.07, 6.45) is -0.832. The lowest BCUT2D eigenvalue weighted by molar-refractivity contribution is 0.0695. The average molecular weight is 226 g/mol. The van der Waals surface area contributed by atoms with Gasteiger partial charge in [-0.15, -0.1) is 0 Å². The van der Waals surface area contributed by atoms with Gasteiger partial charge in [0.1, 0.15) is 6.61 Å². The number of carboxylic acid groups (broad SMARTS) is 1. The molecule has 0 aromatic carbocycles. The molecule has 0 saturated heterocycles. The van der Waals surface area contributed by atoms with E-state index in [1.54, 1.807) is 24.5 Å². The number of nitrogens with two attached hydrogens (primary N) is 1. The van der Waals surface area contributed by atoms with Crippen LogP contribution in [0.2, 0.25) is 0 Å². The van der Waals surface area contributed by atoms with Crippen molar-refractivity contribution < 1.29 is 19.4 Å². The zero-order valence-electron chi connectivity index (χ0n) is 9.19. The fourth-order valence-electron chi connectivity index (χ4n) is 1.60. The van der Waals surface area contributed by atoms with Crippen molar-refractivity contribution in [1.29, 1.82) is 0 Å². The summed E-state index contributed by atoms with van der Waals surface area (Å²) < 4.78 is 6.37. The molecule has 0 bridgehead atoms. The summed E-state index contributed by atoms with van der Waals surface area (Å²) in [6, 6.07) is 1.59. The zero-order valence-corrected chi connectivity index (χ0v) is 9.19. The number of carbonyl (C=O) groups is 2. The summed E-state index contributed by atoms with van der Waals surface area (Å²) in [5.74, 6) is -0.963. The smallest absolute Gasteiger partial charge is 0.404 e. The van der Waals surface area contributed by atoms with Gasteiger partial charge in [0.15, 0.2) is 0 Å². The number of rotatable bonds is 4. The van der Waals surface area contributed by atoms with Crippen LogP contribution < -0.4 is 5.73 Å². The molecular weight excluding hydrogens is 212 g/mol. The molecule has 0 unspecified atom stereocenters. The normalized spacial score (nSPS) is 10.1. The number of hydrogen-bond donors (Lipinski definition) is 2. The van der Waals surface area contributed by atoms with Crippen LogP contribution in [0.15, 0.2) is 6.07 Å². The maximum absolute atomic E-state index is 10.9. The Morgan fingerprint density at radius 3 is 2.56 bits per heavy atom. The molecule has 0 saturated carbocycles. The quantitative estimate of drug-likeness (QED) is 0.797. The largest absolute Gasteiger partial charge is 0.478 e. The predicted octanol–water partition coefficient (Wildman–Crippen LogP) is 0.898. The van der Waals surface area contributed by atoms with Gasteiger partial charge in [0, 0.05) is 11.4 Å². The maximum atomic E-state index is 10.9. The summed E-state index contributed by atoms with van der Waals surface area (Å²) in [6.45, 7) is 4.03.